The van der Waals surface area contributed by atoms with Gasteiger partial charge in [-0.15, -0.1) is 0 Å². The van der Waals surface area contributed by atoms with E-state index in [1.54, 1.807) is 30.3 Å². The Labute approximate surface area is 336 Å². The molecule has 4 amide bonds. The molecule has 5 fully saturated rings. The Balaban J connectivity index is 0.847. The molecule has 16 heteroatoms. The molecular weight excluding hydrogens is 749 g/mol. The highest BCUT2D eigenvalue weighted by atomic mass is 19.1. The van der Waals surface area contributed by atoms with Gasteiger partial charge in [0.15, 0.2) is 5.82 Å². The van der Waals surface area contributed by atoms with Gasteiger partial charge in [0, 0.05) is 24.2 Å². The molecule has 5 heterocycles. The van der Waals surface area contributed by atoms with Crippen molar-refractivity contribution in [2.24, 2.45) is 0 Å². The van der Waals surface area contributed by atoms with E-state index in [0.717, 1.165) is 76.8 Å². The number of likely N-dealkylation sites (tertiary alicyclic amines) is 1. The zero-order valence-corrected chi connectivity index (χ0v) is 32.6. The van der Waals surface area contributed by atoms with Crippen LogP contribution in [0.3, 0.4) is 0 Å². The minimum Gasteiger partial charge on any atom is -0.374 e. The quantitative estimate of drug-likeness (QED) is 0.208. The number of hydrogen-bond donors (Lipinski definition) is 4. The van der Waals surface area contributed by atoms with Crippen molar-refractivity contribution in [3.05, 3.63) is 59.8 Å². The normalized spacial score (nSPS) is 24.6. The number of rotatable bonds is 10. The largest absolute Gasteiger partial charge is 0.374 e. The van der Waals surface area contributed by atoms with E-state index in [0.29, 0.717) is 61.4 Å². The third-order valence-corrected chi connectivity index (χ3v) is 12.6. The van der Waals surface area contributed by atoms with Crippen LogP contribution in [0.1, 0.15) is 95.0 Å². The van der Waals surface area contributed by atoms with Crippen LogP contribution in [0.15, 0.2) is 42.6 Å². The molecule has 1 unspecified atom stereocenters. The number of pyridine rings is 1. The van der Waals surface area contributed by atoms with Gasteiger partial charge in [-0.1, -0.05) is 31.4 Å². The molecule has 2 saturated carbocycles. The van der Waals surface area contributed by atoms with Gasteiger partial charge >= 0.3 is 0 Å². The Morgan fingerprint density at radius 3 is 2.38 bits per heavy atom. The first-order valence-electron chi connectivity index (χ1n) is 20.8. The second-order valence-electron chi connectivity index (χ2n) is 16.3. The Morgan fingerprint density at radius 2 is 1.64 bits per heavy atom. The summed E-state index contributed by atoms with van der Waals surface area (Å²) in [4.78, 5) is 67.4. The van der Waals surface area contributed by atoms with E-state index in [9.17, 15) is 19.2 Å². The number of carbonyl (C=O) groups is 4. The van der Waals surface area contributed by atoms with Crippen molar-refractivity contribution < 1.29 is 32.7 Å². The predicted molar refractivity (Wildman–Crippen MR) is 212 cm³/mol. The van der Waals surface area contributed by atoms with Crippen LogP contribution in [0.2, 0.25) is 0 Å². The summed E-state index contributed by atoms with van der Waals surface area (Å²) in [5, 5.41) is 12.2. The monoisotopic (exact) mass is 799 g/mol. The lowest BCUT2D eigenvalue weighted by atomic mass is 9.76. The Hall–Kier alpha value is -5.09. The summed E-state index contributed by atoms with van der Waals surface area (Å²) in [6, 6.07) is 9.61. The SMILES string of the molecule is O=C1CCC(Nc2ccc(C3CCN(C4(C(=O)NC5CCC(Nc6ncc(F)c(-c7cccc(N8CCOCC8=O)n7)n6)CC5)CCCCC4)CC3)c(F)c2)C(=O)N1. The maximum atomic E-state index is 15.5. The number of hydrogen-bond acceptors (Lipinski definition) is 11. The molecule has 8 rings (SSSR count). The molecule has 3 saturated heterocycles. The molecule has 0 spiro atoms. The minimum absolute atomic E-state index is 0.0226. The van der Waals surface area contributed by atoms with Crippen molar-refractivity contribution in [1.29, 1.82) is 0 Å². The van der Waals surface area contributed by atoms with Gasteiger partial charge in [-0.25, -0.2) is 23.7 Å². The van der Waals surface area contributed by atoms with Gasteiger partial charge in [0.05, 0.1) is 25.0 Å². The van der Waals surface area contributed by atoms with Crippen LogP contribution in [-0.4, -0.2) is 100.0 Å². The molecule has 1 aromatic carbocycles. The van der Waals surface area contributed by atoms with E-state index in [1.807, 2.05) is 0 Å². The van der Waals surface area contributed by atoms with Gasteiger partial charge in [0.2, 0.25) is 23.7 Å². The number of ether oxygens (including phenoxy) is 1. The van der Waals surface area contributed by atoms with E-state index < -0.39 is 23.3 Å². The number of aromatic nitrogens is 3. The highest BCUT2D eigenvalue weighted by Gasteiger charge is 2.46. The molecule has 3 aromatic rings. The van der Waals surface area contributed by atoms with E-state index in [4.69, 9.17) is 4.74 Å². The molecule has 2 aliphatic carbocycles. The summed E-state index contributed by atoms with van der Waals surface area (Å²) in [7, 11) is 0. The second kappa shape index (κ2) is 17.4. The molecule has 5 aliphatic rings. The number of piperidine rings is 2. The molecular formula is C42H51F2N9O5. The minimum atomic E-state index is -0.613. The van der Waals surface area contributed by atoms with Gasteiger partial charge in [-0.3, -0.25) is 34.3 Å². The number of nitrogens with zero attached hydrogens (tertiary/aromatic N) is 5. The lowest BCUT2D eigenvalue weighted by Crippen LogP contribution is -2.62. The topological polar surface area (TPSA) is 171 Å². The zero-order chi connectivity index (χ0) is 40.2. The number of halogens is 2. The number of carbonyl (C=O) groups excluding carboxylic acids is 4. The third kappa shape index (κ3) is 8.67. The molecule has 4 N–H and O–H groups in total. The third-order valence-electron chi connectivity index (χ3n) is 12.6. The van der Waals surface area contributed by atoms with Crippen molar-refractivity contribution in [3.63, 3.8) is 0 Å². The number of nitrogens with one attached hydrogen (secondary N) is 4. The van der Waals surface area contributed by atoms with Crippen LogP contribution >= 0.6 is 0 Å². The highest BCUT2D eigenvalue weighted by Crippen LogP contribution is 2.40. The molecule has 308 valence electrons. The molecule has 2 aromatic heterocycles. The molecule has 1 atom stereocenters. The van der Waals surface area contributed by atoms with Crippen LogP contribution in [-0.2, 0) is 23.9 Å². The average molecular weight is 800 g/mol. The summed E-state index contributed by atoms with van der Waals surface area (Å²) < 4.78 is 35.7. The molecule has 3 aliphatic heterocycles. The number of morpholine rings is 1. The van der Waals surface area contributed by atoms with Crippen LogP contribution in [0.25, 0.3) is 11.4 Å². The van der Waals surface area contributed by atoms with Gasteiger partial charge < -0.3 is 20.7 Å². The van der Waals surface area contributed by atoms with Crippen LogP contribution < -0.4 is 26.2 Å². The lowest BCUT2D eigenvalue weighted by Gasteiger charge is -2.48. The first-order chi connectivity index (χ1) is 28.1. The molecule has 58 heavy (non-hydrogen) atoms. The van der Waals surface area contributed by atoms with E-state index >= 15 is 8.78 Å². The number of benzene rings is 1. The summed E-state index contributed by atoms with van der Waals surface area (Å²) in [6.07, 6.45) is 11.0. The number of amides is 4. The van der Waals surface area contributed by atoms with Crippen LogP contribution in [0, 0.1) is 11.6 Å². The second-order valence-corrected chi connectivity index (χ2v) is 16.3. The number of anilines is 3. The van der Waals surface area contributed by atoms with Crippen molar-refractivity contribution >= 4 is 41.1 Å². The maximum absolute atomic E-state index is 15.5. The van der Waals surface area contributed by atoms with Crippen molar-refractivity contribution in [2.75, 3.05) is 48.4 Å². The summed E-state index contributed by atoms with van der Waals surface area (Å²) in [5.74, 6) is -0.996. The first kappa shape index (κ1) is 39.7. The highest BCUT2D eigenvalue weighted by molar-refractivity contribution is 6.01. The van der Waals surface area contributed by atoms with Crippen molar-refractivity contribution in [2.45, 2.75) is 113 Å². The van der Waals surface area contributed by atoms with Gasteiger partial charge in [0.1, 0.15) is 35.5 Å². The fraction of sp³-hybridized carbons (Fsp3) is 0.548. The molecule has 0 bridgehead atoms. The summed E-state index contributed by atoms with van der Waals surface area (Å²) in [5.41, 5.74) is 0.925. The standard InChI is InChI=1S/C42H51F2N9O5/c43-31-23-29(46-34-13-14-36(54)50-39(34)56)11-12-30(31)26-15-19-52(20-16-26)42(17-2-1-3-18-42)40(57)47-27-7-9-28(10-8-27)48-41-45-24-32(44)38(51-41)33-5-4-6-35(49-33)53-21-22-58-25-37(53)55/h4-6,11-12,23-24,26-28,34,46H,1-3,7-10,13-22,25H2,(H,47,57)(H,45,48,51)(H,50,54,56). The lowest BCUT2D eigenvalue weighted by molar-refractivity contribution is -0.138. The Kier molecular flexibility index (Phi) is 11.9. The van der Waals surface area contributed by atoms with E-state index in [1.165, 1.54) is 11.0 Å². The summed E-state index contributed by atoms with van der Waals surface area (Å²) >= 11 is 0. The van der Waals surface area contributed by atoms with Crippen molar-refractivity contribution in [1.82, 2.24) is 30.5 Å². The average Bonchev–Trinajstić information content (AvgIpc) is 3.24. The molecule has 14 nitrogen and oxygen atoms in total. The van der Waals surface area contributed by atoms with Gasteiger partial charge in [-0.2, -0.15) is 0 Å². The van der Waals surface area contributed by atoms with Crippen LogP contribution in [0.4, 0.5) is 26.2 Å². The van der Waals surface area contributed by atoms with E-state index in [-0.39, 0.29) is 60.3 Å². The van der Waals surface area contributed by atoms with Gasteiger partial charge in [-0.05, 0) is 107 Å². The van der Waals surface area contributed by atoms with Crippen LogP contribution in [0.5, 0.6) is 0 Å². The fourth-order valence-electron chi connectivity index (χ4n) is 9.39. The zero-order valence-electron chi connectivity index (χ0n) is 32.6. The Bertz CT molecular complexity index is 2010. The van der Waals surface area contributed by atoms with Gasteiger partial charge in [0.25, 0.3) is 5.91 Å². The van der Waals surface area contributed by atoms with Crippen molar-refractivity contribution in [3.8, 4) is 11.4 Å². The molecule has 0 radical (unpaired) electrons. The fourth-order valence-corrected chi connectivity index (χ4v) is 9.39. The number of imide groups is 1. The Morgan fingerprint density at radius 1 is 0.862 bits per heavy atom. The first-order valence-corrected chi connectivity index (χ1v) is 20.8. The maximum Gasteiger partial charge on any atom is 0.254 e. The summed E-state index contributed by atoms with van der Waals surface area (Å²) in [6.45, 7) is 2.15. The van der Waals surface area contributed by atoms with E-state index in [2.05, 4.69) is 41.1 Å². The predicted octanol–water partition coefficient (Wildman–Crippen LogP) is 4.82. The smallest absolute Gasteiger partial charge is 0.254 e.